The highest BCUT2D eigenvalue weighted by atomic mass is 127. The van der Waals surface area contributed by atoms with Crippen LogP contribution < -0.4 is 10.6 Å². The molecule has 1 saturated carbocycles. The fourth-order valence-corrected chi connectivity index (χ4v) is 3.04. The molecular formula is C16H24IN3. The molecule has 0 spiro atoms. The smallest absolute Gasteiger partial charge is 0.191 e. The number of hydrogen-bond acceptors (Lipinski definition) is 3. The van der Waals surface area contributed by atoms with Crippen LogP contribution in [0.3, 0.4) is 0 Å². The summed E-state index contributed by atoms with van der Waals surface area (Å²) in [7, 11) is 0. The van der Waals surface area contributed by atoms with E-state index in [1.807, 2.05) is 0 Å². The number of nitrogens with one attached hydrogen (secondary N) is 2. The van der Waals surface area contributed by atoms with Crippen molar-refractivity contribution < 1.29 is 0 Å². The molecule has 0 saturated heterocycles. The Hall–Kier alpha value is -0.780. The molecule has 3 rings (SSSR count). The molecule has 2 N–H and O–H groups in total. The maximum Gasteiger partial charge on any atom is 0.191 e. The Morgan fingerprint density at radius 1 is 1.15 bits per heavy atom. The van der Waals surface area contributed by atoms with E-state index in [2.05, 4.69) is 46.0 Å². The number of hydrogen-bond donors (Lipinski definition) is 2. The first-order valence-electron chi connectivity index (χ1n) is 7.43. The number of rotatable bonds is 4. The fraction of sp³-hybridized carbons (Fsp3) is 0.562. The third kappa shape index (κ3) is 3.87. The standard InChI is InChI=1S/C16H23N3.HI/c1-2-6-14(7-3-1)12-16(8-4-9-16)13-19-15-17-10-5-11-18-15;/h1-3,6-7H,4-5,8-13H2,(H2,17,18,19);1H. The number of nitrogens with zero attached hydrogens (tertiary/aromatic N) is 1. The van der Waals surface area contributed by atoms with Gasteiger partial charge < -0.3 is 10.6 Å². The van der Waals surface area contributed by atoms with Crippen molar-refractivity contribution in [3.8, 4) is 0 Å². The van der Waals surface area contributed by atoms with Crippen LogP contribution in [0.5, 0.6) is 0 Å². The summed E-state index contributed by atoms with van der Waals surface area (Å²) in [5.74, 6) is 1.01. The van der Waals surface area contributed by atoms with E-state index < -0.39 is 0 Å². The van der Waals surface area contributed by atoms with Gasteiger partial charge in [0.2, 0.25) is 0 Å². The monoisotopic (exact) mass is 385 g/mol. The molecule has 3 nitrogen and oxygen atoms in total. The molecule has 2 aliphatic rings. The highest BCUT2D eigenvalue weighted by Gasteiger charge is 2.37. The van der Waals surface area contributed by atoms with Gasteiger partial charge in [0.05, 0.1) is 0 Å². The average molecular weight is 385 g/mol. The van der Waals surface area contributed by atoms with Crippen molar-refractivity contribution in [2.45, 2.75) is 32.1 Å². The lowest BCUT2D eigenvalue weighted by atomic mass is 9.65. The van der Waals surface area contributed by atoms with Crippen LogP contribution >= 0.6 is 24.0 Å². The van der Waals surface area contributed by atoms with Crippen molar-refractivity contribution in [1.82, 2.24) is 10.6 Å². The lowest BCUT2D eigenvalue weighted by Gasteiger charge is -2.42. The third-order valence-electron chi connectivity index (χ3n) is 4.36. The van der Waals surface area contributed by atoms with Crippen LogP contribution in [-0.4, -0.2) is 25.6 Å². The molecule has 0 radical (unpaired) electrons. The van der Waals surface area contributed by atoms with Crippen molar-refractivity contribution in [1.29, 1.82) is 0 Å². The highest BCUT2D eigenvalue weighted by molar-refractivity contribution is 14.0. The van der Waals surface area contributed by atoms with Crippen molar-refractivity contribution in [2.75, 3.05) is 19.6 Å². The quantitative estimate of drug-likeness (QED) is 0.782. The van der Waals surface area contributed by atoms with Crippen LogP contribution in [-0.2, 0) is 6.42 Å². The highest BCUT2D eigenvalue weighted by Crippen LogP contribution is 2.43. The summed E-state index contributed by atoms with van der Waals surface area (Å²) in [5.41, 5.74) is 1.91. The van der Waals surface area contributed by atoms with Crippen LogP contribution in [0.1, 0.15) is 31.2 Å². The number of halogens is 1. The van der Waals surface area contributed by atoms with Gasteiger partial charge in [0.1, 0.15) is 0 Å². The summed E-state index contributed by atoms with van der Waals surface area (Å²) in [5, 5.41) is 6.87. The van der Waals surface area contributed by atoms with Gasteiger partial charge in [0.25, 0.3) is 0 Å². The van der Waals surface area contributed by atoms with Crippen molar-refractivity contribution >= 4 is 29.9 Å². The second kappa shape index (κ2) is 7.29. The van der Waals surface area contributed by atoms with E-state index in [4.69, 9.17) is 0 Å². The number of guanidine groups is 1. The minimum absolute atomic E-state index is 0. The van der Waals surface area contributed by atoms with Gasteiger partial charge in [-0.3, -0.25) is 4.99 Å². The van der Waals surface area contributed by atoms with Gasteiger partial charge in [-0.1, -0.05) is 36.8 Å². The van der Waals surface area contributed by atoms with E-state index in [-0.39, 0.29) is 24.0 Å². The summed E-state index contributed by atoms with van der Waals surface area (Å²) >= 11 is 0. The second-order valence-corrected chi connectivity index (χ2v) is 5.88. The van der Waals surface area contributed by atoms with Gasteiger partial charge in [0.15, 0.2) is 5.96 Å². The molecule has 1 fully saturated rings. The normalized spacial score (nSPS) is 19.9. The number of aliphatic imine (C=N–C) groups is 1. The molecule has 110 valence electrons. The summed E-state index contributed by atoms with van der Waals surface area (Å²) in [6.07, 6.45) is 6.38. The van der Waals surface area contributed by atoms with Crippen molar-refractivity contribution in [3.05, 3.63) is 35.9 Å². The molecule has 1 aliphatic carbocycles. The summed E-state index contributed by atoms with van der Waals surface area (Å²) in [6.45, 7) is 3.06. The Morgan fingerprint density at radius 3 is 2.55 bits per heavy atom. The topological polar surface area (TPSA) is 36.4 Å². The first-order chi connectivity index (χ1) is 9.36. The molecule has 4 heteroatoms. The SMILES string of the molecule is I.c1ccc(CC2(CNC3=NCCCN3)CCC2)cc1. The van der Waals surface area contributed by atoms with E-state index in [0.29, 0.717) is 5.41 Å². The Kier molecular flexibility index (Phi) is 5.69. The van der Waals surface area contributed by atoms with Gasteiger partial charge in [-0.25, -0.2) is 0 Å². The van der Waals surface area contributed by atoms with Crippen LogP contribution in [0, 0.1) is 5.41 Å². The minimum Gasteiger partial charge on any atom is -0.356 e. The predicted octanol–water partition coefficient (Wildman–Crippen LogP) is 2.96. The van der Waals surface area contributed by atoms with E-state index in [9.17, 15) is 0 Å². The lowest BCUT2D eigenvalue weighted by Crippen LogP contribution is -2.48. The Bertz CT molecular complexity index is 440. The maximum atomic E-state index is 4.49. The summed E-state index contributed by atoms with van der Waals surface area (Å²) in [6, 6.07) is 10.9. The molecule has 0 bridgehead atoms. The van der Waals surface area contributed by atoms with Crippen LogP contribution in [0.4, 0.5) is 0 Å². The van der Waals surface area contributed by atoms with Gasteiger partial charge in [-0.2, -0.15) is 0 Å². The van der Waals surface area contributed by atoms with Crippen molar-refractivity contribution in [2.24, 2.45) is 10.4 Å². The Morgan fingerprint density at radius 2 is 1.95 bits per heavy atom. The van der Waals surface area contributed by atoms with Gasteiger partial charge >= 0.3 is 0 Å². The second-order valence-electron chi connectivity index (χ2n) is 5.88. The van der Waals surface area contributed by atoms with Crippen molar-refractivity contribution in [3.63, 3.8) is 0 Å². The predicted molar refractivity (Wildman–Crippen MR) is 94.8 cm³/mol. The van der Waals surface area contributed by atoms with E-state index >= 15 is 0 Å². The first kappa shape index (κ1) is 15.6. The zero-order valence-electron chi connectivity index (χ0n) is 11.9. The molecule has 1 aliphatic heterocycles. The zero-order valence-corrected chi connectivity index (χ0v) is 14.2. The zero-order chi connectivity index (χ0) is 13.0. The molecule has 20 heavy (non-hydrogen) atoms. The molecule has 0 atom stereocenters. The van der Waals surface area contributed by atoms with Crippen LogP contribution in [0.2, 0.25) is 0 Å². The Balaban J connectivity index is 0.00000147. The minimum atomic E-state index is 0. The van der Waals surface area contributed by atoms with Gasteiger partial charge in [-0.05, 0) is 36.7 Å². The largest absolute Gasteiger partial charge is 0.356 e. The van der Waals surface area contributed by atoms with Crippen LogP contribution in [0.15, 0.2) is 35.3 Å². The molecular weight excluding hydrogens is 361 g/mol. The fourth-order valence-electron chi connectivity index (χ4n) is 3.04. The van der Waals surface area contributed by atoms with Gasteiger partial charge in [0, 0.05) is 19.6 Å². The number of benzene rings is 1. The molecule has 0 aromatic heterocycles. The molecule has 0 amide bonds. The van der Waals surface area contributed by atoms with E-state index in [0.717, 1.165) is 32.0 Å². The maximum absolute atomic E-state index is 4.49. The molecule has 1 heterocycles. The van der Waals surface area contributed by atoms with Gasteiger partial charge in [-0.15, -0.1) is 24.0 Å². The molecule has 1 aromatic rings. The summed E-state index contributed by atoms with van der Waals surface area (Å²) < 4.78 is 0. The molecule has 0 unspecified atom stereocenters. The first-order valence-corrected chi connectivity index (χ1v) is 7.43. The molecule has 1 aromatic carbocycles. The Labute approximate surface area is 138 Å². The van der Waals surface area contributed by atoms with E-state index in [1.165, 1.54) is 31.2 Å². The average Bonchev–Trinajstić information content (AvgIpc) is 2.44. The summed E-state index contributed by atoms with van der Waals surface area (Å²) in [4.78, 5) is 4.49. The van der Waals surface area contributed by atoms with E-state index in [1.54, 1.807) is 0 Å². The van der Waals surface area contributed by atoms with Crippen LogP contribution in [0.25, 0.3) is 0 Å². The lowest BCUT2D eigenvalue weighted by molar-refractivity contribution is 0.137. The third-order valence-corrected chi connectivity index (χ3v) is 4.36.